The van der Waals surface area contributed by atoms with E-state index in [0.29, 0.717) is 21.7 Å². The van der Waals surface area contributed by atoms with Crippen molar-refractivity contribution in [3.8, 4) is 0 Å². The highest BCUT2D eigenvalue weighted by Crippen LogP contribution is 2.36. The summed E-state index contributed by atoms with van der Waals surface area (Å²) in [5.74, 6) is -1.26. The summed E-state index contributed by atoms with van der Waals surface area (Å²) in [4.78, 5) is 44.7. The molecule has 0 fully saturated rings. The van der Waals surface area contributed by atoms with Crippen LogP contribution in [0, 0.1) is 5.82 Å². The van der Waals surface area contributed by atoms with Crippen molar-refractivity contribution in [2.75, 3.05) is 10.7 Å². The molecule has 42 heavy (non-hydrogen) atoms. The van der Waals surface area contributed by atoms with E-state index in [9.17, 15) is 31.9 Å². The Bertz CT molecular complexity index is 1460. The minimum Gasteiger partial charge on any atom is -0.444 e. The number of fused-ring (bicyclic) bond motifs is 1. The molecule has 0 unspecified atom stereocenters. The van der Waals surface area contributed by atoms with Gasteiger partial charge in [0.25, 0.3) is 11.8 Å². The maximum absolute atomic E-state index is 13.8. The van der Waals surface area contributed by atoms with Crippen molar-refractivity contribution >= 4 is 35.4 Å². The first-order chi connectivity index (χ1) is 19.7. The van der Waals surface area contributed by atoms with Crippen LogP contribution in [0.5, 0.6) is 0 Å². The van der Waals surface area contributed by atoms with Crippen molar-refractivity contribution in [2.45, 2.75) is 56.6 Å². The third-order valence-electron chi connectivity index (χ3n) is 5.99. The minimum atomic E-state index is -4.63. The van der Waals surface area contributed by atoms with Gasteiger partial charge in [-0.3, -0.25) is 14.6 Å². The van der Waals surface area contributed by atoms with Gasteiger partial charge in [-0.05, 0) is 68.3 Å². The van der Waals surface area contributed by atoms with Gasteiger partial charge in [-0.1, -0.05) is 18.2 Å². The van der Waals surface area contributed by atoms with E-state index in [-0.39, 0.29) is 24.4 Å². The molecule has 1 aliphatic heterocycles. The van der Waals surface area contributed by atoms with Crippen LogP contribution >= 0.6 is 11.8 Å². The van der Waals surface area contributed by atoms with Gasteiger partial charge in [-0.2, -0.15) is 13.2 Å². The number of hydrogen-bond donors (Lipinski definition) is 2. The average molecular weight is 605 g/mol. The molecule has 0 bridgehead atoms. The molecular formula is C29H28F4N4O4S. The average Bonchev–Trinajstić information content (AvgIpc) is 3.03. The predicted octanol–water partition coefficient (Wildman–Crippen LogP) is 5.70. The van der Waals surface area contributed by atoms with Gasteiger partial charge in [-0.25, -0.2) is 9.18 Å². The number of benzene rings is 2. The van der Waals surface area contributed by atoms with Gasteiger partial charge in [0.05, 0.1) is 12.2 Å². The predicted molar refractivity (Wildman–Crippen MR) is 148 cm³/mol. The fraction of sp³-hybridized carbons (Fsp3) is 0.310. The highest BCUT2D eigenvalue weighted by Gasteiger charge is 2.35. The summed E-state index contributed by atoms with van der Waals surface area (Å²) in [6.07, 6.45) is -4.40. The smallest absolute Gasteiger partial charge is 0.433 e. The fourth-order valence-corrected chi connectivity index (χ4v) is 5.07. The zero-order chi connectivity index (χ0) is 30.7. The number of aromatic nitrogens is 1. The van der Waals surface area contributed by atoms with Crippen molar-refractivity contribution in [1.29, 1.82) is 0 Å². The number of carbonyl (C=O) groups excluding carboxylic acids is 3. The number of carbonyl (C=O) groups is 3. The van der Waals surface area contributed by atoms with E-state index in [1.807, 2.05) is 0 Å². The quantitative estimate of drug-likeness (QED) is 0.350. The second-order valence-corrected chi connectivity index (χ2v) is 11.5. The Morgan fingerprint density at radius 2 is 1.74 bits per heavy atom. The lowest BCUT2D eigenvalue weighted by Gasteiger charge is -2.27. The summed E-state index contributed by atoms with van der Waals surface area (Å²) < 4.78 is 57.7. The van der Waals surface area contributed by atoms with E-state index >= 15 is 0 Å². The molecule has 0 saturated heterocycles. The fourth-order valence-electron chi connectivity index (χ4n) is 4.01. The molecule has 3 aromatic rings. The number of anilines is 1. The lowest BCUT2D eigenvalue weighted by atomic mass is 10.1. The number of alkyl carbamates (subject to hydrolysis) is 1. The lowest BCUT2D eigenvalue weighted by molar-refractivity contribution is -0.141. The van der Waals surface area contributed by atoms with Gasteiger partial charge in [-0.15, -0.1) is 11.8 Å². The molecular weight excluding hydrogens is 576 g/mol. The number of halogens is 4. The molecule has 2 heterocycles. The molecule has 4 rings (SSSR count). The van der Waals surface area contributed by atoms with E-state index in [1.165, 1.54) is 40.9 Å². The Morgan fingerprint density at radius 1 is 1.05 bits per heavy atom. The third kappa shape index (κ3) is 7.99. The Morgan fingerprint density at radius 3 is 2.36 bits per heavy atom. The van der Waals surface area contributed by atoms with E-state index < -0.39 is 47.2 Å². The molecule has 1 aliphatic rings. The van der Waals surface area contributed by atoms with Gasteiger partial charge < -0.3 is 20.3 Å². The number of pyridine rings is 1. The Hall–Kier alpha value is -4.13. The zero-order valence-corrected chi connectivity index (χ0v) is 23.7. The zero-order valence-electron chi connectivity index (χ0n) is 22.9. The van der Waals surface area contributed by atoms with Gasteiger partial charge in [0.2, 0.25) is 0 Å². The molecule has 2 N–H and O–H groups in total. The largest absolute Gasteiger partial charge is 0.444 e. The van der Waals surface area contributed by atoms with Crippen LogP contribution in [0.2, 0.25) is 0 Å². The SMILES string of the molecule is CC(C)(C)OC(=O)N[C@H]1CSc2ccc(C(=O)NCc3ccc(F)cc3)cc2N(Cc2ccc(C(F)(F)F)nc2)C1=O. The number of thioether (sulfide) groups is 1. The van der Waals surface area contributed by atoms with Crippen LogP contribution in [0.15, 0.2) is 65.7 Å². The molecule has 0 spiro atoms. The van der Waals surface area contributed by atoms with Crippen LogP contribution < -0.4 is 15.5 Å². The van der Waals surface area contributed by atoms with Crippen molar-refractivity contribution < 1.29 is 36.7 Å². The van der Waals surface area contributed by atoms with Crippen LogP contribution in [-0.4, -0.2) is 40.3 Å². The summed E-state index contributed by atoms with van der Waals surface area (Å²) in [7, 11) is 0. The number of rotatable bonds is 6. The van der Waals surface area contributed by atoms with E-state index in [1.54, 1.807) is 45.0 Å². The molecule has 0 radical (unpaired) electrons. The number of nitrogens with one attached hydrogen (secondary N) is 2. The molecule has 222 valence electrons. The van der Waals surface area contributed by atoms with Crippen LogP contribution in [0.4, 0.5) is 28.0 Å². The Balaban J connectivity index is 1.62. The monoisotopic (exact) mass is 604 g/mol. The lowest BCUT2D eigenvalue weighted by Crippen LogP contribution is -2.50. The van der Waals surface area contributed by atoms with Crippen LogP contribution in [0.1, 0.15) is 48.0 Å². The summed E-state index contributed by atoms with van der Waals surface area (Å²) in [5.41, 5.74) is -0.343. The first-order valence-electron chi connectivity index (χ1n) is 12.8. The minimum absolute atomic E-state index is 0.132. The molecule has 13 heteroatoms. The van der Waals surface area contributed by atoms with Crippen LogP contribution in [0.3, 0.4) is 0 Å². The molecule has 1 aromatic heterocycles. The van der Waals surface area contributed by atoms with E-state index in [2.05, 4.69) is 15.6 Å². The first-order valence-corrected chi connectivity index (χ1v) is 13.8. The number of hydrogen-bond acceptors (Lipinski definition) is 6. The van der Waals surface area contributed by atoms with Crippen molar-refractivity contribution in [3.63, 3.8) is 0 Å². The highest BCUT2D eigenvalue weighted by molar-refractivity contribution is 7.99. The summed E-state index contributed by atoms with van der Waals surface area (Å²) in [6, 6.07) is 11.4. The molecule has 2 aromatic carbocycles. The molecule has 8 nitrogen and oxygen atoms in total. The Labute approximate surface area is 243 Å². The Kier molecular flexibility index (Phi) is 9.09. The topological polar surface area (TPSA) is 101 Å². The third-order valence-corrected chi connectivity index (χ3v) is 7.15. The first kappa shape index (κ1) is 30.8. The molecule has 0 saturated carbocycles. The van der Waals surface area contributed by atoms with Crippen molar-refractivity contribution in [2.24, 2.45) is 0 Å². The van der Waals surface area contributed by atoms with Gasteiger partial charge in [0, 0.05) is 29.0 Å². The van der Waals surface area contributed by atoms with Gasteiger partial charge in [0.15, 0.2) is 0 Å². The summed E-state index contributed by atoms with van der Waals surface area (Å²) >= 11 is 1.27. The second-order valence-electron chi connectivity index (χ2n) is 10.5. The maximum Gasteiger partial charge on any atom is 0.433 e. The standard InChI is InChI=1S/C29H28F4N4O4S/c1-28(2,3)41-27(40)36-21-16-42-23-10-7-19(25(38)35-13-17-4-8-20(30)9-5-17)12-22(23)37(26(21)39)15-18-6-11-24(34-14-18)29(31,32)33/h4-12,14,21H,13,15-16H2,1-3H3,(H,35,38)(H,36,40)/t21-/m0/s1. The van der Waals surface area contributed by atoms with Crippen LogP contribution in [0.25, 0.3) is 0 Å². The van der Waals surface area contributed by atoms with E-state index in [0.717, 1.165) is 12.3 Å². The van der Waals surface area contributed by atoms with Crippen LogP contribution in [-0.2, 0) is 28.8 Å². The number of ether oxygens (including phenoxy) is 1. The number of amides is 3. The number of alkyl halides is 3. The summed E-state index contributed by atoms with van der Waals surface area (Å²) in [5, 5.41) is 5.33. The molecule has 1 atom stereocenters. The van der Waals surface area contributed by atoms with Crippen molar-refractivity contribution in [3.05, 3.63) is 89.0 Å². The van der Waals surface area contributed by atoms with Gasteiger partial charge in [0.1, 0.15) is 23.2 Å². The normalized spacial score (nSPS) is 15.5. The van der Waals surface area contributed by atoms with E-state index in [4.69, 9.17) is 4.74 Å². The van der Waals surface area contributed by atoms with Crippen molar-refractivity contribution in [1.82, 2.24) is 15.6 Å². The number of nitrogens with zero attached hydrogens (tertiary/aromatic N) is 2. The maximum atomic E-state index is 13.8. The summed E-state index contributed by atoms with van der Waals surface area (Å²) in [6.45, 7) is 4.99. The molecule has 0 aliphatic carbocycles. The molecule has 3 amide bonds. The second kappa shape index (κ2) is 12.4. The highest BCUT2D eigenvalue weighted by atomic mass is 32.2. The van der Waals surface area contributed by atoms with Gasteiger partial charge >= 0.3 is 12.3 Å².